The standard InChI is InChI=1S/C20H33NO5/c22-18(21-14-15-8-10-16(11-9-15)20(24)25)12-13-19(23)26-17-6-4-2-1-3-5-7-17/h15-17H,1-14H2,(H,21,22)(H,24,25). The molecule has 0 aromatic carbocycles. The van der Waals surface area contributed by atoms with Crippen LogP contribution in [0.3, 0.4) is 0 Å². The molecule has 2 fully saturated rings. The Morgan fingerprint density at radius 3 is 2.08 bits per heavy atom. The lowest BCUT2D eigenvalue weighted by Gasteiger charge is -2.26. The van der Waals surface area contributed by atoms with Gasteiger partial charge >= 0.3 is 11.9 Å². The van der Waals surface area contributed by atoms with Gasteiger partial charge in [0.25, 0.3) is 0 Å². The number of nitrogens with one attached hydrogen (secondary N) is 1. The molecule has 0 atom stereocenters. The molecular formula is C20H33NO5. The summed E-state index contributed by atoms with van der Waals surface area (Å²) < 4.78 is 5.53. The van der Waals surface area contributed by atoms with E-state index in [-0.39, 0.29) is 36.7 Å². The number of esters is 1. The number of rotatable bonds is 7. The molecule has 2 aliphatic carbocycles. The van der Waals surface area contributed by atoms with Crippen LogP contribution in [0.5, 0.6) is 0 Å². The Morgan fingerprint density at radius 2 is 1.46 bits per heavy atom. The minimum Gasteiger partial charge on any atom is -0.481 e. The summed E-state index contributed by atoms with van der Waals surface area (Å²) in [6, 6.07) is 0. The normalized spacial score (nSPS) is 24.9. The van der Waals surface area contributed by atoms with Crippen molar-refractivity contribution in [2.75, 3.05) is 6.54 Å². The third kappa shape index (κ3) is 7.75. The predicted octanol–water partition coefficient (Wildman–Crippen LogP) is 3.43. The highest BCUT2D eigenvalue weighted by Gasteiger charge is 2.26. The number of amides is 1. The van der Waals surface area contributed by atoms with Crippen molar-refractivity contribution in [2.45, 2.75) is 89.6 Å². The first kappa shape index (κ1) is 20.7. The quantitative estimate of drug-likeness (QED) is 0.673. The Kier molecular flexibility index (Phi) is 8.92. The van der Waals surface area contributed by atoms with Gasteiger partial charge in [-0.1, -0.05) is 19.3 Å². The lowest BCUT2D eigenvalue weighted by atomic mass is 9.82. The molecule has 2 rings (SSSR count). The zero-order valence-corrected chi connectivity index (χ0v) is 15.7. The molecule has 6 nitrogen and oxygen atoms in total. The Bertz CT molecular complexity index is 463. The van der Waals surface area contributed by atoms with Crippen molar-refractivity contribution in [3.05, 3.63) is 0 Å². The molecule has 1 amide bonds. The summed E-state index contributed by atoms with van der Waals surface area (Å²) in [5.74, 6) is -0.996. The molecule has 0 aromatic rings. The minimum absolute atomic E-state index is 0.0234. The summed E-state index contributed by atoms with van der Waals surface area (Å²) in [5, 5.41) is 11.9. The topological polar surface area (TPSA) is 92.7 Å². The van der Waals surface area contributed by atoms with Crippen LogP contribution in [0.15, 0.2) is 0 Å². The van der Waals surface area contributed by atoms with Crippen LogP contribution in [0.4, 0.5) is 0 Å². The van der Waals surface area contributed by atoms with Crippen LogP contribution in [0.25, 0.3) is 0 Å². The third-order valence-corrected chi connectivity index (χ3v) is 5.69. The van der Waals surface area contributed by atoms with Crippen molar-refractivity contribution in [1.82, 2.24) is 5.32 Å². The van der Waals surface area contributed by atoms with Gasteiger partial charge in [-0.2, -0.15) is 0 Å². The second kappa shape index (κ2) is 11.2. The zero-order valence-electron chi connectivity index (χ0n) is 15.7. The number of carboxylic acids is 1. The fourth-order valence-electron chi connectivity index (χ4n) is 3.96. The van der Waals surface area contributed by atoms with E-state index in [0.29, 0.717) is 25.3 Å². The Labute approximate surface area is 156 Å². The van der Waals surface area contributed by atoms with Gasteiger partial charge in [0, 0.05) is 13.0 Å². The molecule has 2 N–H and O–H groups in total. The second-order valence-corrected chi connectivity index (χ2v) is 7.82. The van der Waals surface area contributed by atoms with Crippen LogP contribution < -0.4 is 5.32 Å². The largest absolute Gasteiger partial charge is 0.481 e. The van der Waals surface area contributed by atoms with Crippen LogP contribution in [0, 0.1) is 11.8 Å². The van der Waals surface area contributed by atoms with Gasteiger partial charge < -0.3 is 15.2 Å². The van der Waals surface area contributed by atoms with Crippen molar-refractivity contribution in [3.8, 4) is 0 Å². The summed E-state index contributed by atoms with van der Waals surface area (Å²) in [7, 11) is 0. The van der Waals surface area contributed by atoms with Crippen molar-refractivity contribution in [3.63, 3.8) is 0 Å². The molecule has 148 valence electrons. The number of ether oxygens (including phenoxy) is 1. The van der Waals surface area contributed by atoms with Crippen molar-refractivity contribution in [1.29, 1.82) is 0 Å². The number of carbonyl (C=O) groups excluding carboxylic acids is 2. The highest BCUT2D eigenvalue weighted by atomic mass is 16.5. The molecule has 26 heavy (non-hydrogen) atoms. The highest BCUT2D eigenvalue weighted by molar-refractivity contribution is 5.81. The molecule has 0 saturated heterocycles. The maximum atomic E-state index is 12.0. The zero-order chi connectivity index (χ0) is 18.8. The Hall–Kier alpha value is -1.59. The predicted molar refractivity (Wildman–Crippen MR) is 97.5 cm³/mol. The first-order valence-corrected chi connectivity index (χ1v) is 10.2. The molecule has 0 heterocycles. The minimum atomic E-state index is -0.713. The maximum absolute atomic E-state index is 12.0. The fourth-order valence-corrected chi connectivity index (χ4v) is 3.96. The molecule has 6 heteroatoms. The van der Waals surface area contributed by atoms with E-state index >= 15 is 0 Å². The van der Waals surface area contributed by atoms with Gasteiger partial charge in [0.15, 0.2) is 0 Å². The number of hydrogen-bond donors (Lipinski definition) is 2. The van der Waals surface area contributed by atoms with E-state index in [1.165, 1.54) is 19.3 Å². The average Bonchev–Trinajstić information content (AvgIpc) is 2.60. The molecule has 0 aromatic heterocycles. The fraction of sp³-hybridized carbons (Fsp3) is 0.850. The monoisotopic (exact) mass is 367 g/mol. The lowest BCUT2D eigenvalue weighted by Crippen LogP contribution is -2.32. The molecule has 0 radical (unpaired) electrons. The average molecular weight is 367 g/mol. The highest BCUT2D eigenvalue weighted by Crippen LogP contribution is 2.28. The maximum Gasteiger partial charge on any atom is 0.306 e. The Balaban J connectivity index is 1.56. The van der Waals surface area contributed by atoms with Gasteiger partial charge in [-0.05, 0) is 57.3 Å². The van der Waals surface area contributed by atoms with Gasteiger partial charge in [0.05, 0.1) is 12.3 Å². The first-order valence-electron chi connectivity index (χ1n) is 10.2. The van der Waals surface area contributed by atoms with E-state index in [4.69, 9.17) is 9.84 Å². The van der Waals surface area contributed by atoms with E-state index in [0.717, 1.165) is 38.5 Å². The van der Waals surface area contributed by atoms with Crippen LogP contribution >= 0.6 is 0 Å². The summed E-state index contributed by atoms with van der Waals surface area (Å²) in [6.07, 6.45) is 11.2. The smallest absolute Gasteiger partial charge is 0.306 e. The first-order chi connectivity index (χ1) is 12.5. The second-order valence-electron chi connectivity index (χ2n) is 7.82. The van der Waals surface area contributed by atoms with Gasteiger partial charge in [-0.15, -0.1) is 0 Å². The van der Waals surface area contributed by atoms with E-state index in [9.17, 15) is 14.4 Å². The molecule has 2 aliphatic rings. The van der Waals surface area contributed by atoms with Crippen LogP contribution in [-0.2, 0) is 19.1 Å². The summed E-state index contributed by atoms with van der Waals surface area (Å²) in [6.45, 7) is 0.572. The summed E-state index contributed by atoms with van der Waals surface area (Å²) >= 11 is 0. The Morgan fingerprint density at radius 1 is 0.846 bits per heavy atom. The van der Waals surface area contributed by atoms with E-state index in [1.54, 1.807) is 0 Å². The number of aliphatic carboxylic acids is 1. The molecular weight excluding hydrogens is 334 g/mol. The number of carboxylic acid groups (broad SMARTS) is 1. The molecule has 2 saturated carbocycles. The third-order valence-electron chi connectivity index (χ3n) is 5.69. The molecule has 0 aliphatic heterocycles. The number of carbonyl (C=O) groups is 3. The SMILES string of the molecule is O=C(CCC(=O)OC1CCCCCCC1)NCC1CCC(C(=O)O)CC1. The van der Waals surface area contributed by atoms with E-state index < -0.39 is 5.97 Å². The van der Waals surface area contributed by atoms with Crippen molar-refractivity contribution >= 4 is 17.8 Å². The van der Waals surface area contributed by atoms with E-state index in [1.807, 2.05) is 0 Å². The van der Waals surface area contributed by atoms with Crippen LogP contribution in [0.1, 0.15) is 83.5 Å². The van der Waals surface area contributed by atoms with Gasteiger partial charge in [-0.25, -0.2) is 0 Å². The van der Waals surface area contributed by atoms with Gasteiger partial charge in [-0.3, -0.25) is 14.4 Å². The van der Waals surface area contributed by atoms with Crippen molar-refractivity contribution < 1.29 is 24.2 Å². The molecule has 0 spiro atoms. The number of hydrogen-bond acceptors (Lipinski definition) is 4. The van der Waals surface area contributed by atoms with Gasteiger partial charge in [0.1, 0.15) is 6.10 Å². The molecule has 0 bridgehead atoms. The van der Waals surface area contributed by atoms with Crippen LogP contribution in [-0.4, -0.2) is 35.6 Å². The van der Waals surface area contributed by atoms with Crippen molar-refractivity contribution in [2.24, 2.45) is 11.8 Å². The summed E-state index contributed by atoms with van der Waals surface area (Å²) in [4.78, 5) is 34.8. The lowest BCUT2D eigenvalue weighted by molar-refractivity contribution is -0.151. The van der Waals surface area contributed by atoms with Gasteiger partial charge in [0.2, 0.25) is 5.91 Å². The summed E-state index contributed by atoms with van der Waals surface area (Å²) in [5.41, 5.74) is 0. The van der Waals surface area contributed by atoms with E-state index in [2.05, 4.69) is 5.32 Å². The molecule has 0 unspecified atom stereocenters. The van der Waals surface area contributed by atoms with Crippen LogP contribution in [0.2, 0.25) is 0 Å².